The highest BCUT2D eigenvalue weighted by atomic mass is 79.9. The van der Waals surface area contributed by atoms with Crippen LogP contribution in [-0.2, 0) is 12.3 Å². The smallest absolute Gasteiger partial charge is 0.261 e. The first-order valence-corrected chi connectivity index (χ1v) is 11.4. The maximum absolute atomic E-state index is 13.2. The fourth-order valence-electron chi connectivity index (χ4n) is 3.37. The zero-order valence-corrected chi connectivity index (χ0v) is 18.7. The lowest BCUT2D eigenvalue weighted by molar-refractivity contribution is 0.485. The molecule has 0 saturated heterocycles. The Morgan fingerprint density at radius 1 is 1.03 bits per heavy atom. The Balaban J connectivity index is 1.50. The number of aromatic nitrogens is 4. The van der Waals surface area contributed by atoms with Crippen LogP contribution in [0.1, 0.15) is 11.6 Å². The van der Waals surface area contributed by atoms with Gasteiger partial charge in [-0.05, 0) is 48.5 Å². The van der Waals surface area contributed by atoms with Gasteiger partial charge < -0.3 is 4.42 Å². The molecule has 0 aliphatic carbocycles. The summed E-state index contributed by atoms with van der Waals surface area (Å²) in [5.41, 5.74) is 1.63. The number of rotatable bonds is 6. The van der Waals surface area contributed by atoms with Crippen molar-refractivity contribution in [2.24, 2.45) is 0 Å². The van der Waals surface area contributed by atoms with Crippen LogP contribution < -0.4 is 5.56 Å². The lowest BCUT2D eigenvalue weighted by Gasteiger charge is -2.13. The Kier molecular flexibility index (Phi) is 5.48. The van der Waals surface area contributed by atoms with E-state index in [1.54, 1.807) is 23.1 Å². The number of halogens is 1. The molecule has 0 N–H and O–H groups in total. The van der Waals surface area contributed by atoms with E-state index < -0.39 is 0 Å². The molecule has 0 unspecified atom stereocenters. The van der Waals surface area contributed by atoms with E-state index in [-0.39, 0.29) is 5.56 Å². The largest absolute Gasteiger partial charge is 0.467 e. The van der Waals surface area contributed by atoms with Gasteiger partial charge in [0.1, 0.15) is 11.6 Å². The highest BCUT2D eigenvalue weighted by Crippen LogP contribution is 2.25. The van der Waals surface area contributed by atoms with Gasteiger partial charge in [-0.1, -0.05) is 39.8 Å². The minimum absolute atomic E-state index is 0.0751. The van der Waals surface area contributed by atoms with Gasteiger partial charge in [0.25, 0.3) is 5.56 Å². The number of furan rings is 1. The molecule has 31 heavy (non-hydrogen) atoms. The van der Waals surface area contributed by atoms with Gasteiger partial charge in [0.05, 0.1) is 29.5 Å². The number of hydrogen-bond donors (Lipinski definition) is 0. The SMILES string of the molecule is O=c1c2ccccc2nc(CSc2nccn2-c2ccc(Br)cc2)n1Cc1ccco1. The van der Waals surface area contributed by atoms with Crippen molar-refractivity contribution < 1.29 is 4.42 Å². The third kappa shape index (κ3) is 4.08. The summed E-state index contributed by atoms with van der Waals surface area (Å²) in [5.74, 6) is 1.88. The van der Waals surface area contributed by atoms with E-state index in [0.717, 1.165) is 15.3 Å². The molecule has 5 rings (SSSR count). The fourth-order valence-corrected chi connectivity index (χ4v) is 4.55. The summed E-state index contributed by atoms with van der Waals surface area (Å²) in [7, 11) is 0. The van der Waals surface area contributed by atoms with Crippen molar-refractivity contribution in [2.45, 2.75) is 17.5 Å². The van der Waals surface area contributed by atoms with E-state index in [9.17, 15) is 4.79 Å². The second-order valence-corrected chi connectivity index (χ2v) is 8.72. The van der Waals surface area contributed by atoms with E-state index in [4.69, 9.17) is 9.40 Å². The summed E-state index contributed by atoms with van der Waals surface area (Å²) in [6, 6.07) is 19.1. The number of hydrogen-bond acceptors (Lipinski definition) is 5. The number of para-hydroxylation sites is 1. The van der Waals surface area contributed by atoms with E-state index in [1.165, 1.54) is 11.8 Å². The first-order chi connectivity index (χ1) is 15.2. The maximum Gasteiger partial charge on any atom is 0.261 e. The monoisotopic (exact) mass is 492 g/mol. The van der Waals surface area contributed by atoms with Gasteiger partial charge in [-0.25, -0.2) is 9.97 Å². The molecule has 154 valence electrons. The van der Waals surface area contributed by atoms with E-state index >= 15 is 0 Å². The highest BCUT2D eigenvalue weighted by Gasteiger charge is 2.14. The molecule has 0 amide bonds. The van der Waals surface area contributed by atoms with Crippen molar-refractivity contribution in [1.82, 2.24) is 19.1 Å². The molecule has 0 radical (unpaired) electrons. The van der Waals surface area contributed by atoms with Crippen LogP contribution in [-0.4, -0.2) is 19.1 Å². The van der Waals surface area contributed by atoms with Gasteiger partial charge in [-0.15, -0.1) is 0 Å². The lowest BCUT2D eigenvalue weighted by atomic mass is 10.2. The quantitative estimate of drug-likeness (QED) is 0.301. The van der Waals surface area contributed by atoms with E-state index in [1.807, 2.05) is 65.4 Å². The van der Waals surface area contributed by atoms with Crippen LogP contribution in [0.4, 0.5) is 0 Å². The normalized spacial score (nSPS) is 11.3. The van der Waals surface area contributed by atoms with Crippen molar-refractivity contribution >= 4 is 38.6 Å². The second-order valence-electron chi connectivity index (χ2n) is 6.86. The summed E-state index contributed by atoms with van der Waals surface area (Å²) in [6.07, 6.45) is 5.31. The molecule has 0 atom stereocenters. The van der Waals surface area contributed by atoms with E-state index in [0.29, 0.717) is 34.8 Å². The van der Waals surface area contributed by atoms with Gasteiger partial charge in [0.2, 0.25) is 0 Å². The molecule has 0 bridgehead atoms. The molecule has 5 aromatic rings. The Hall–Kier alpha value is -3.10. The van der Waals surface area contributed by atoms with Crippen molar-refractivity contribution in [3.05, 3.63) is 106 Å². The van der Waals surface area contributed by atoms with E-state index in [2.05, 4.69) is 20.9 Å². The average Bonchev–Trinajstić information content (AvgIpc) is 3.47. The predicted octanol–water partition coefficient (Wildman–Crippen LogP) is 5.28. The third-order valence-corrected chi connectivity index (χ3v) is 6.37. The molecular weight excluding hydrogens is 476 g/mol. The molecule has 2 aromatic carbocycles. The molecule has 0 saturated carbocycles. The molecule has 0 fully saturated rings. The molecule has 0 spiro atoms. The zero-order chi connectivity index (χ0) is 21.2. The van der Waals surface area contributed by atoms with Crippen molar-refractivity contribution in [3.63, 3.8) is 0 Å². The number of nitrogens with zero attached hydrogens (tertiary/aromatic N) is 4. The Morgan fingerprint density at radius 3 is 2.68 bits per heavy atom. The standard InChI is InChI=1S/C23H17BrN4O2S/c24-16-7-9-17(10-8-16)27-12-11-25-23(27)31-15-21-26-20-6-2-1-5-19(20)22(29)28(21)14-18-4-3-13-30-18/h1-13H,14-15H2. The van der Waals surface area contributed by atoms with Crippen LogP contribution in [0.15, 0.2) is 98.2 Å². The van der Waals surface area contributed by atoms with Crippen LogP contribution in [0.25, 0.3) is 16.6 Å². The van der Waals surface area contributed by atoms with Crippen LogP contribution in [0.3, 0.4) is 0 Å². The average molecular weight is 493 g/mol. The zero-order valence-electron chi connectivity index (χ0n) is 16.3. The minimum Gasteiger partial charge on any atom is -0.467 e. The lowest BCUT2D eigenvalue weighted by Crippen LogP contribution is -2.25. The van der Waals surface area contributed by atoms with Gasteiger partial charge in [0, 0.05) is 22.6 Å². The van der Waals surface area contributed by atoms with Gasteiger partial charge in [-0.2, -0.15) is 0 Å². The topological polar surface area (TPSA) is 65.8 Å². The minimum atomic E-state index is -0.0751. The van der Waals surface area contributed by atoms with Crippen LogP contribution >= 0.6 is 27.7 Å². The maximum atomic E-state index is 13.2. The highest BCUT2D eigenvalue weighted by molar-refractivity contribution is 9.10. The molecule has 3 heterocycles. The van der Waals surface area contributed by atoms with Crippen molar-refractivity contribution in [3.8, 4) is 5.69 Å². The van der Waals surface area contributed by atoms with Gasteiger partial charge >= 0.3 is 0 Å². The summed E-state index contributed by atoms with van der Waals surface area (Å²) < 4.78 is 10.2. The first kappa shape index (κ1) is 19.8. The molecular formula is C23H17BrN4O2S. The molecule has 0 aliphatic heterocycles. The number of thioether (sulfide) groups is 1. The van der Waals surface area contributed by atoms with Gasteiger partial charge in [-0.3, -0.25) is 13.9 Å². The summed E-state index contributed by atoms with van der Waals surface area (Å²) in [6.45, 7) is 0.334. The molecule has 0 aliphatic rings. The molecule has 6 nitrogen and oxygen atoms in total. The van der Waals surface area contributed by atoms with Gasteiger partial charge in [0.15, 0.2) is 5.16 Å². The number of imidazole rings is 1. The third-order valence-electron chi connectivity index (χ3n) is 4.88. The summed E-state index contributed by atoms with van der Waals surface area (Å²) in [4.78, 5) is 22.5. The molecule has 8 heteroatoms. The summed E-state index contributed by atoms with van der Waals surface area (Å²) >= 11 is 5.01. The molecule has 3 aromatic heterocycles. The van der Waals surface area contributed by atoms with Crippen LogP contribution in [0, 0.1) is 0 Å². The van der Waals surface area contributed by atoms with Crippen LogP contribution in [0.2, 0.25) is 0 Å². The van der Waals surface area contributed by atoms with Crippen LogP contribution in [0.5, 0.6) is 0 Å². The van der Waals surface area contributed by atoms with Crippen molar-refractivity contribution in [1.29, 1.82) is 0 Å². The number of fused-ring (bicyclic) bond motifs is 1. The van der Waals surface area contributed by atoms with Crippen molar-refractivity contribution in [2.75, 3.05) is 0 Å². The fraction of sp³-hybridized carbons (Fsp3) is 0.0870. The first-order valence-electron chi connectivity index (χ1n) is 9.62. The second kappa shape index (κ2) is 8.56. The summed E-state index contributed by atoms with van der Waals surface area (Å²) in [5, 5.41) is 1.42. The number of benzene rings is 2. The Bertz CT molecular complexity index is 1390. The predicted molar refractivity (Wildman–Crippen MR) is 125 cm³/mol. The Labute approximate surface area is 190 Å². The Morgan fingerprint density at radius 2 is 1.87 bits per heavy atom.